The van der Waals surface area contributed by atoms with Gasteiger partial charge in [-0.1, -0.05) is 11.6 Å². The lowest BCUT2D eigenvalue weighted by Crippen LogP contribution is -2.43. The van der Waals surface area contributed by atoms with Gasteiger partial charge in [0.2, 0.25) is 23.6 Å². The fraction of sp³-hybridized carbons (Fsp3) is 0.436. The van der Waals surface area contributed by atoms with E-state index in [2.05, 4.69) is 9.80 Å². The lowest BCUT2D eigenvalue weighted by atomic mass is 9.58. The van der Waals surface area contributed by atoms with Gasteiger partial charge >= 0.3 is 0 Å². The summed E-state index contributed by atoms with van der Waals surface area (Å²) in [5.41, 5.74) is 3.89. The van der Waals surface area contributed by atoms with Gasteiger partial charge in [-0.2, -0.15) is 0 Å². The number of hydrogen-bond acceptors (Lipinski definition) is 10. The van der Waals surface area contributed by atoms with Crippen molar-refractivity contribution in [2.45, 2.75) is 25.4 Å². The highest BCUT2D eigenvalue weighted by Crippen LogP contribution is 2.58. The van der Waals surface area contributed by atoms with Gasteiger partial charge in [0.05, 0.1) is 67.4 Å². The predicted octanol–water partition coefficient (Wildman–Crippen LogP) is 3.49. The van der Waals surface area contributed by atoms with Gasteiger partial charge in [0, 0.05) is 37.6 Å². The molecule has 0 spiro atoms. The fourth-order valence-electron chi connectivity index (χ4n) is 9.33. The number of nitrogens with zero attached hydrogens (tertiary/aromatic N) is 4. The first-order valence-electron chi connectivity index (χ1n) is 17.9. The molecule has 0 bridgehead atoms. The lowest BCUT2D eigenvalue weighted by molar-refractivity contribution is -0.126. The number of carbonyl (C=O) groups is 4. The summed E-state index contributed by atoms with van der Waals surface area (Å²) in [6.07, 6.45) is 2.62. The van der Waals surface area contributed by atoms with E-state index < -0.39 is 35.5 Å². The molecule has 2 aromatic carbocycles. The van der Waals surface area contributed by atoms with Crippen LogP contribution in [-0.2, 0) is 35.3 Å². The van der Waals surface area contributed by atoms with Crippen molar-refractivity contribution in [2.75, 3.05) is 72.2 Å². The number of ether oxygens (including phenoxy) is 2. The molecule has 4 saturated heterocycles. The standard InChI is InChI=1S/C39H40N4O8/c44-22-27-9-12-32(51-27)34-28-10-11-29-33(38(47)42(36(29)45)25-5-1-23(2-6-25)40-13-17-49-18-14-40)30(28)21-31-35(34)39(48)43(37(31)46)26-7-3-24(4-8-26)41-15-19-50-20-16-41/h1-10,12,29-31,33-35,44H,11,13-22H2. The maximum Gasteiger partial charge on any atom is 0.238 e. The molecular formula is C39H40N4O8. The summed E-state index contributed by atoms with van der Waals surface area (Å²) in [6, 6.07) is 18.4. The predicted molar refractivity (Wildman–Crippen MR) is 186 cm³/mol. The minimum absolute atomic E-state index is 0.241. The normalized spacial score (nSPS) is 29.3. The van der Waals surface area contributed by atoms with Crippen molar-refractivity contribution in [2.24, 2.45) is 29.6 Å². The Morgan fingerprint density at radius 1 is 0.588 bits per heavy atom. The Balaban J connectivity index is 1.04. The molecule has 1 saturated carbocycles. The molecule has 6 atom stereocenters. The van der Waals surface area contributed by atoms with E-state index in [1.54, 1.807) is 12.1 Å². The molecule has 4 amide bonds. The highest BCUT2D eigenvalue weighted by Gasteiger charge is 2.63. The smallest absolute Gasteiger partial charge is 0.238 e. The Kier molecular flexibility index (Phi) is 8.05. The van der Waals surface area contributed by atoms with Crippen LogP contribution in [0.1, 0.15) is 30.3 Å². The van der Waals surface area contributed by atoms with Crippen LogP contribution in [0, 0.1) is 29.6 Å². The van der Waals surface area contributed by atoms with Crippen molar-refractivity contribution < 1.29 is 38.2 Å². The third-order valence-corrected chi connectivity index (χ3v) is 11.8. The van der Waals surface area contributed by atoms with Gasteiger partial charge in [0.15, 0.2) is 0 Å². The van der Waals surface area contributed by atoms with Gasteiger partial charge in [-0.15, -0.1) is 0 Å². The van der Waals surface area contributed by atoms with Crippen LogP contribution in [0.3, 0.4) is 0 Å². The molecule has 5 heterocycles. The summed E-state index contributed by atoms with van der Waals surface area (Å²) in [5, 5.41) is 9.84. The maximum atomic E-state index is 14.4. The number of amides is 4. The molecular weight excluding hydrogens is 652 g/mol. The zero-order chi connectivity index (χ0) is 34.8. The molecule has 0 radical (unpaired) electrons. The van der Waals surface area contributed by atoms with Crippen molar-refractivity contribution >= 4 is 46.4 Å². The summed E-state index contributed by atoms with van der Waals surface area (Å²) >= 11 is 0. The summed E-state index contributed by atoms with van der Waals surface area (Å²) < 4.78 is 17.0. The Hall–Kier alpha value is -4.78. The monoisotopic (exact) mass is 692 g/mol. The van der Waals surface area contributed by atoms with Crippen LogP contribution in [0.25, 0.3) is 0 Å². The number of benzene rings is 2. The maximum absolute atomic E-state index is 14.4. The molecule has 12 nitrogen and oxygen atoms in total. The van der Waals surface area contributed by atoms with Crippen molar-refractivity contribution in [1.82, 2.24) is 0 Å². The van der Waals surface area contributed by atoms with Gasteiger partial charge in [-0.3, -0.25) is 29.0 Å². The van der Waals surface area contributed by atoms with Crippen molar-refractivity contribution in [3.05, 3.63) is 83.8 Å². The molecule has 51 heavy (non-hydrogen) atoms. The molecule has 9 rings (SSSR count). The molecule has 3 aromatic rings. The number of rotatable bonds is 6. The van der Waals surface area contributed by atoms with Crippen molar-refractivity contribution in [3.8, 4) is 0 Å². The zero-order valence-corrected chi connectivity index (χ0v) is 28.2. The van der Waals surface area contributed by atoms with E-state index in [4.69, 9.17) is 13.9 Å². The molecule has 6 aliphatic rings. The second-order valence-electron chi connectivity index (χ2n) is 14.2. The van der Waals surface area contributed by atoms with E-state index in [-0.39, 0.29) is 36.7 Å². The van der Waals surface area contributed by atoms with Gasteiger partial charge in [-0.25, -0.2) is 0 Å². The Bertz CT molecular complexity index is 1890. The van der Waals surface area contributed by atoms with Crippen LogP contribution >= 0.6 is 0 Å². The number of furan rings is 1. The van der Waals surface area contributed by atoms with Crippen molar-refractivity contribution in [3.63, 3.8) is 0 Å². The summed E-state index contributed by atoms with van der Waals surface area (Å²) in [5.74, 6) is -4.07. The van der Waals surface area contributed by atoms with E-state index >= 15 is 0 Å². The first kappa shape index (κ1) is 32.1. The molecule has 6 unspecified atom stereocenters. The summed E-state index contributed by atoms with van der Waals surface area (Å²) in [7, 11) is 0. The van der Waals surface area contributed by atoms with Crippen molar-refractivity contribution in [1.29, 1.82) is 0 Å². The average Bonchev–Trinajstić information content (AvgIpc) is 3.83. The van der Waals surface area contributed by atoms with Gasteiger partial charge < -0.3 is 28.8 Å². The van der Waals surface area contributed by atoms with Crippen LogP contribution < -0.4 is 19.6 Å². The minimum Gasteiger partial charge on any atom is -0.463 e. The number of morpholine rings is 2. The first-order chi connectivity index (χ1) is 24.9. The number of anilines is 4. The van der Waals surface area contributed by atoms with Gasteiger partial charge in [-0.05, 0) is 79.4 Å². The number of aliphatic hydroxyl groups is 1. The Morgan fingerprint density at radius 3 is 1.63 bits per heavy atom. The molecule has 12 heteroatoms. The third-order valence-electron chi connectivity index (χ3n) is 11.8. The van der Waals surface area contributed by atoms with Crippen LogP contribution in [0.15, 0.2) is 76.7 Å². The second kappa shape index (κ2) is 12.8. The largest absolute Gasteiger partial charge is 0.463 e. The van der Waals surface area contributed by atoms with E-state index in [1.165, 1.54) is 9.80 Å². The third kappa shape index (κ3) is 5.22. The molecule has 1 N–H and O–H groups in total. The van der Waals surface area contributed by atoms with Crippen LogP contribution in [0.4, 0.5) is 22.7 Å². The van der Waals surface area contributed by atoms with Gasteiger partial charge in [0.1, 0.15) is 18.1 Å². The van der Waals surface area contributed by atoms with Crippen LogP contribution in [0.2, 0.25) is 0 Å². The molecule has 264 valence electrons. The summed E-state index contributed by atoms with van der Waals surface area (Å²) in [4.78, 5) is 64.2. The van der Waals surface area contributed by atoms with Gasteiger partial charge in [0.25, 0.3) is 0 Å². The van der Waals surface area contributed by atoms with Crippen LogP contribution in [0.5, 0.6) is 0 Å². The number of carbonyl (C=O) groups excluding carboxylic acids is 4. The van der Waals surface area contributed by atoms with Crippen LogP contribution in [-0.4, -0.2) is 81.3 Å². The molecule has 5 fully saturated rings. The number of imide groups is 2. The van der Waals surface area contributed by atoms with E-state index in [0.29, 0.717) is 55.7 Å². The Labute approximate surface area is 295 Å². The number of allylic oxidation sites excluding steroid dienone is 2. The number of aliphatic hydroxyl groups excluding tert-OH is 1. The van der Waals surface area contributed by atoms with E-state index in [0.717, 1.165) is 43.1 Å². The number of hydrogen-bond donors (Lipinski definition) is 1. The van der Waals surface area contributed by atoms with E-state index in [9.17, 15) is 24.3 Å². The lowest BCUT2D eigenvalue weighted by Gasteiger charge is -2.43. The topological polar surface area (TPSA) is 133 Å². The molecule has 4 aliphatic heterocycles. The fourth-order valence-corrected chi connectivity index (χ4v) is 9.33. The highest BCUT2D eigenvalue weighted by atomic mass is 16.5. The Morgan fingerprint density at radius 2 is 1.10 bits per heavy atom. The molecule has 2 aliphatic carbocycles. The minimum atomic E-state index is -0.746. The highest BCUT2D eigenvalue weighted by molar-refractivity contribution is 6.24. The quantitative estimate of drug-likeness (QED) is 0.303. The zero-order valence-electron chi connectivity index (χ0n) is 28.2. The van der Waals surface area contributed by atoms with E-state index in [1.807, 2.05) is 54.6 Å². The number of fused-ring (bicyclic) bond motifs is 4. The second-order valence-corrected chi connectivity index (χ2v) is 14.2. The SMILES string of the molecule is O=C1C2CC=C3C(CC4C(=O)N(c5ccc(N6CCOCC6)cc5)C(=O)C4C3c3ccc(CO)o3)C2C(=O)N1c1ccc(N2CCOCC2)cc1. The summed E-state index contributed by atoms with van der Waals surface area (Å²) in [6.45, 7) is 5.37. The first-order valence-corrected chi connectivity index (χ1v) is 17.9. The molecule has 1 aromatic heterocycles. The average molecular weight is 693 g/mol.